The summed E-state index contributed by atoms with van der Waals surface area (Å²) in [5.41, 5.74) is -0.276. The molecular formula is C12H11ClFNO3. The molecule has 18 heavy (non-hydrogen) atoms. The van der Waals surface area contributed by atoms with E-state index in [9.17, 15) is 14.0 Å². The van der Waals surface area contributed by atoms with Crippen molar-refractivity contribution in [2.24, 2.45) is 0 Å². The minimum atomic E-state index is -0.902. The molecule has 0 aliphatic heterocycles. The van der Waals surface area contributed by atoms with Crippen molar-refractivity contribution < 1.29 is 18.7 Å². The van der Waals surface area contributed by atoms with Crippen LogP contribution in [0.25, 0.3) is 0 Å². The summed E-state index contributed by atoms with van der Waals surface area (Å²) in [5.74, 6) is -2.01. The monoisotopic (exact) mass is 271 g/mol. The van der Waals surface area contributed by atoms with Gasteiger partial charge in [-0.1, -0.05) is 11.6 Å². The molecule has 0 radical (unpaired) electrons. The third-order valence-electron chi connectivity index (χ3n) is 2.43. The highest BCUT2D eigenvalue weighted by Gasteiger charge is 2.24. The first-order valence-electron chi connectivity index (χ1n) is 5.48. The molecule has 1 aliphatic rings. The zero-order valence-electron chi connectivity index (χ0n) is 9.41. The zero-order chi connectivity index (χ0) is 13.1. The van der Waals surface area contributed by atoms with E-state index in [1.807, 2.05) is 0 Å². The Kier molecular flexibility index (Phi) is 3.81. The highest BCUT2D eigenvalue weighted by molar-refractivity contribution is 6.30. The maximum absolute atomic E-state index is 13.3. The van der Waals surface area contributed by atoms with E-state index in [0.717, 1.165) is 25.0 Å². The molecule has 1 saturated carbocycles. The maximum Gasteiger partial charge on any atom is 0.341 e. The van der Waals surface area contributed by atoms with Crippen LogP contribution in [0.5, 0.6) is 0 Å². The average Bonchev–Trinajstić information content (AvgIpc) is 3.13. The molecule has 96 valence electrons. The van der Waals surface area contributed by atoms with Crippen LogP contribution in [0, 0.1) is 5.82 Å². The van der Waals surface area contributed by atoms with E-state index in [4.69, 9.17) is 16.3 Å². The molecule has 0 atom stereocenters. The van der Waals surface area contributed by atoms with E-state index in [1.165, 1.54) is 6.07 Å². The summed E-state index contributed by atoms with van der Waals surface area (Å²) in [6, 6.07) is 3.76. The molecule has 0 bridgehead atoms. The van der Waals surface area contributed by atoms with E-state index in [2.05, 4.69) is 5.32 Å². The summed E-state index contributed by atoms with van der Waals surface area (Å²) in [7, 11) is 0. The minimum absolute atomic E-state index is 0.194. The Morgan fingerprint density at radius 2 is 2.17 bits per heavy atom. The van der Waals surface area contributed by atoms with Gasteiger partial charge in [0, 0.05) is 11.1 Å². The number of carbonyl (C=O) groups excluding carboxylic acids is 2. The second kappa shape index (κ2) is 5.35. The lowest BCUT2D eigenvalue weighted by Gasteiger charge is -2.06. The Bertz CT molecular complexity index is 488. The van der Waals surface area contributed by atoms with Gasteiger partial charge >= 0.3 is 5.97 Å². The summed E-state index contributed by atoms with van der Waals surface area (Å²) < 4.78 is 18.0. The van der Waals surface area contributed by atoms with Gasteiger partial charge in [-0.15, -0.1) is 0 Å². The molecule has 1 aromatic carbocycles. The number of amides is 1. The molecule has 1 aliphatic carbocycles. The van der Waals surface area contributed by atoms with Crippen LogP contribution in [0.4, 0.5) is 4.39 Å². The van der Waals surface area contributed by atoms with Gasteiger partial charge in [0.25, 0.3) is 5.91 Å². The normalized spacial score (nSPS) is 14.1. The van der Waals surface area contributed by atoms with E-state index < -0.39 is 18.4 Å². The van der Waals surface area contributed by atoms with Crippen molar-refractivity contribution in [3.8, 4) is 0 Å². The number of benzene rings is 1. The molecule has 0 heterocycles. The molecular weight excluding hydrogens is 261 g/mol. The first-order chi connectivity index (χ1) is 8.56. The molecule has 0 unspecified atom stereocenters. The molecule has 2 rings (SSSR count). The Labute approximate surface area is 108 Å². The number of hydrogen-bond acceptors (Lipinski definition) is 3. The Hall–Kier alpha value is -1.62. The second-order valence-electron chi connectivity index (χ2n) is 4.04. The fourth-order valence-electron chi connectivity index (χ4n) is 1.36. The van der Waals surface area contributed by atoms with Crippen molar-refractivity contribution in [3.05, 3.63) is 34.6 Å². The van der Waals surface area contributed by atoms with Crippen LogP contribution < -0.4 is 5.32 Å². The van der Waals surface area contributed by atoms with Gasteiger partial charge < -0.3 is 10.1 Å². The van der Waals surface area contributed by atoms with Gasteiger partial charge in [-0.2, -0.15) is 0 Å². The molecule has 4 nitrogen and oxygen atoms in total. The number of halogens is 2. The van der Waals surface area contributed by atoms with Gasteiger partial charge in [0.05, 0.1) is 5.56 Å². The molecule has 0 spiro atoms. The van der Waals surface area contributed by atoms with Gasteiger partial charge in [0.1, 0.15) is 5.82 Å². The summed E-state index contributed by atoms with van der Waals surface area (Å²) >= 11 is 5.65. The van der Waals surface area contributed by atoms with E-state index in [1.54, 1.807) is 0 Å². The molecule has 0 aromatic heterocycles. The zero-order valence-corrected chi connectivity index (χ0v) is 10.2. The SMILES string of the molecule is O=C(COC(=O)c1cc(Cl)ccc1F)NC1CC1. The fourth-order valence-corrected chi connectivity index (χ4v) is 1.53. The number of ether oxygens (including phenoxy) is 1. The third-order valence-corrected chi connectivity index (χ3v) is 2.66. The summed E-state index contributed by atoms with van der Waals surface area (Å²) in [6.07, 6.45) is 1.89. The van der Waals surface area contributed by atoms with E-state index >= 15 is 0 Å². The topological polar surface area (TPSA) is 55.4 Å². The van der Waals surface area contributed by atoms with Crippen molar-refractivity contribution in [2.45, 2.75) is 18.9 Å². The minimum Gasteiger partial charge on any atom is -0.452 e. The number of nitrogens with one attached hydrogen (secondary N) is 1. The maximum atomic E-state index is 13.3. The van der Waals surface area contributed by atoms with Gasteiger partial charge in [-0.05, 0) is 31.0 Å². The molecule has 0 saturated heterocycles. The Morgan fingerprint density at radius 1 is 1.44 bits per heavy atom. The predicted molar refractivity (Wildman–Crippen MR) is 62.9 cm³/mol. The molecule has 1 N–H and O–H groups in total. The van der Waals surface area contributed by atoms with Crippen molar-refractivity contribution in [3.63, 3.8) is 0 Å². The smallest absolute Gasteiger partial charge is 0.341 e. The Balaban J connectivity index is 1.90. The standard InChI is InChI=1S/C12H11ClFNO3/c13-7-1-4-10(14)9(5-7)12(17)18-6-11(16)15-8-2-3-8/h1,4-5,8H,2-3,6H2,(H,15,16). The Morgan fingerprint density at radius 3 is 2.83 bits per heavy atom. The molecule has 1 amide bonds. The second-order valence-corrected chi connectivity index (χ2v) is 4.48. The van der Waals surface area contributed by atoms with E-state index in [0.29, 0.717) is 0 Å². The number of esters is 1. The van der Waals surface area contributed by atoms with Crippen LogP contribution in [0.3, 0.4) is 0 Å². The third kappa shape index (κ3) is 3.43. The predicted octanol–water partition coefficient (Wildman–Crippen LogP) is 1.91. The van der Waals surface area contributed by atoms with Crippen LogP contribution in [-0.4, -0.2) is 24.5 Å². The van der Waals surface area contributed by atoms with Crippen LogP contribution >= 0.6 is 11.6 Å². The summed E-state index contributed by atoms with van der Waals surface area (Å²) in [5, 5.41) is 2.88. The van der Waals surface area contributed by atoms with Gasteiger partial charge in [0.2, 0.25) is 0 Å². The van der Waals surface area contributed by atoms with Crippen molar-refractivity contribution >= 4 is 23.5 Å². The number of carbonyl (C=O) groups is 2. The van der Waals surface area contributed by atoms with Gasteiger partial charge in [-0.25, -0.2) is 9.18 Å². The fraction of sp³-hybridized carbons (Fsp3) is 0.333. The highest BCUT2D eigenvalue weighted by Crippen LogP contribution is 2.18. The van der Waals surface area contributed by atoms with Crippen molar-refractivity contribution in [2.75, 3.05) is 6.61 Å². The molecule has 1 fully saturated rings. The van der Waals surface area contributed by atoms with E-state index in [-0.39, 0.29) is 22.5 Å². The largest absolute Gasteiger partial charge is 0.452 e. The first-order valence-corrected chi connectivity index (χ1v) is 5.85. The molecule has 1 aromatic rings. The van der Waals surface area contributed by atoms with Crippen LogP contribution in [0.1, 0.15) is 23.2 Å². The number of rotatable bonds is 4. The van der Waals surface area contributed by atoms with Crippen LogP contribution in [-0.2, 0) is 9.53 Å². The van der Waals surface area contributed by atoms with Crippen molar-refractivity contribution in [1.82, 2.24) is 5.32 Å². The lowest BCUT2D eigenvalue weighted by atomic mass is 10.2. The van der Waals surface area contributed by atoms with Gasteiger partial charge in [0.15, 0.2) is 6.61 Å². The lowest BCUT2D eigenvalue weighted by Crippen LogP contribution is -2.30. The molecule has 6 heteroatoms. The highest BCUT2D eigenvalue weighted by atomic mass is 35.5. The summed E-state index contributed by atoms with van der Waals surface area (Å²) in [4.78, 5) is 22.8. The summed E-state index contributed by atoms with van der Waals surface area (Å²) in [6.45, 7) is -0.415. The number of hydrogen-bond donors (Lipinski definition) is 1. The average molecular weight is 272 g/mol. The quantitative estimate of drug-likeness (QED) is 0.851. The van der Waals surface area contributed by atoms with Crippen LogP contribution in [0.15, 0.2) is 18.2 Å². The lowest BCUT2D eigenvalue weighted by molar-refractivity contribution is -0.124. The first kappa shape index (κ1) is 12.8. The van der Waals surface area contributed by atoms with Gasteiger partial charge in [-0.3, -0.25) is 4.79 Å². The van der Waals surface area contributed by atoms with Crippen molar-refractivity contribution in [1.29, 1.82) is 0 Å². The van der Waals surface area contributed by atoms with Crippen LogP contribution in [0.2, 0.25) is 5.02 Å².